The van der Waals surface area contributed by atoms with E-state index in [4.69, 9.17) is 9.47 Å². The molecule has 9 nitrogen and oxygen atoms in total. The van der Waals surface area contributed by atoms with E-state index in [1.807, 2.05) is 34.1 Å². The third kappa shape index (κ3) is 6.37. The number of nitrogens with zero attached hydrogens (tertiary/aromatic N) is 4. The van der Waals surface area contributed by atoms with Gasteiger partial charge in [0.05, 0.1) is 19.3 Å². The summed E-state index contributed by atoms with van der Waals surface area (Å²) in [6.45, 7) is 6.80. The van der Waals surface area contributed by atoms with Crippen LogP contribution in [0, 0.1) is 5.92 Å². The number of morpholine rings is 1. The van der Waals surface area contributed by atoms with Gasteiger partial charge in [0.15, 0.2) is 0 Å². The minimum absolute atomic E-state index is 0.0516. The minimum Gasteiger partial charge on any atom is -0.378 e. The SMILES string of the molecule is O=C1CCCN1CCCN1CC(OCC2CC2)CN(C(=O)c2ccc(N3CCOCC3)cc2)CC1=O. The summed E-state index contributed by atoms with van der Waals surface area (Å²) in [5, 5.41) is 0. The Morgan fingerprint density at radius 2 is 1.69 bits per heavy atom. The van der Waals surface area contributed by atoms with Crippen molar-refractivity contribution in [2.45, 2.75) is 38.2 Å². The van der Waals surface area contributed by atoms with E-state index in [2.05, 4.69) is 4.90 Å². The van der Waals surface area contributed by atoms with Gasteiger partial charge in [0.25, 0.3) is 5.91 Å². The van der Waals surface area contributed by atoms with Crippen molar-refractivity contribution in [1.82, 2.24) is 14.7 Å². The first-order chi connectivity index (χ1) is 17.6. The van der Waals surface area contributed by atoms with Gasteiger partial charge in [0, 0.05) is 70.1 Å². The maximum atomic E-state index is 13.4. The van der Waals surface area contributed by atoms with Crippen LogP contribution in [0.5, 0.6) is 0 Å². The molecule has 1 aromatic carbocycles. The van der Waals surface area contributed by atoms with E-state index in [1.165, 1.54) is 12.8 Å². The Kier molecular flexibility index (Phi) is 8.06. The highest BCUT2D eigenvalue weighted by Crippen LogP contribution is 2.29. The number of likely N-dealkylation sites (tertiary alicyclic amines) is 1. The molecule has 5 rings (SSSR count). The number of benzene rings is 1. The van der Waals surface area contributed by atoms with Gasteiger partial charge in [-0.25, -0.2) is 0 Å². The van der Waals surface area contributed by atoms with E-state index in [1.54, 1.807) is 4.90 Å². The van der Waals surface area contributed by atoms with Gasteiger partial charge in [-0.15, -0.1) is 0 Å². The molecule has 9 heteroatoms. The Hall–Kier alpha value is -2.65. The van der Waals surface area contributed by atoms with E-state index >= 15 is 0 Å². The molecule has 196 valence electrons. The quantitative estimate of drug-likeness (QED) is 0.515. The standard InChI is InChI=1S/C27H38N4O5/c32-25-3-1-10-29(25)11-2-12-30-17-24(36-20-21-4-5-21)18-31(19-26(30)33)27(34)22-6-8-23(9-7-22)28-13-15-35-16-14-28/h6-9,21,24H,1-5,10-20H2. The van der Waals surface area contributed by atoms with Gasteiger partial charge in [-0.2, -0.15) is 0 Å². The van der Waals surface area contributed by atoms with Crippen molar-refractivity contribution < 1.29 is 23.9 Å². The van der Waals surface area contributed by atoms with Crippen LogP contribution in [-0.2, 0) is 19.1 Å². The zero-order valence-corrected chi connectivity index (χ0v) is 21.1. The van der Waals surface area contributed by atoms with Gasteiger partial charge in [-0.3, -0.25) is 14.4 Å². The van der Waals surface area contributed by atoms with Gasteiger partial charge >= 0.3 is 0 Å². The summed E-state index contributed by atoms with van der Waals surface area (Å²) in [5.74, 6) is 0.620. The van der Waals surface area contributed by atoms with Gasteiger partial charge in [-0.05, 0) is 55.9 Å². The number of rotatable bonds is 9. The third-order valence-electron chi connectivity index (χ3n) is 7.60. The summed E-state index contributed by atoms with van der Waals surface area (Å²) in [7, 11) is 0. The molecule has 4 aliphatic rings. The summed E-state index contributed by atoms with van der Waals surface area (Å²) in [4.78, 5) is 46.2. The van der Waals surface area contributed by atoms with Crippen LogP contribution >= 0.6 is 0 Å². The van der Waals surface area contributed by atoms with Crippen LogP contribution < -0.4 is 4.90 Å². The molecule has 1 aromatic rings. The third-order valence-corrected chi connectivity index (χ3v) is 7.60. The van der Waals surface area contributed by atoms with Crippen LogP contribution in [0.25, 0.3) is 0 Å². The molecule has 1 aliphatic carbocycles. The fourth-order valence-electron chi connectivity index (χ4n) is 5.22. The van der Waals surface area contributed by atoms with Crippen molar-refractivity contribution in [1.29, 1.82) is 0 Å². The average molecular weight is 499 g/mol. The first kappa shape index (κ1) is 25.0. The zero-order chi connectivity index (χ0) is 24.9. The second-order valence-corrected chi connectivity index (χ2v) is 10.4. The lowest BCUT2D eigenvalue weighted by Gasteiger charge is -2.29. The normalized spacial score (nSPS) is 23.4. The zero-order valence-electron chi connectivity index (χ0n) is 21.1. The molecule has 0 spiro atoms. The minimum atomic E-state index is -0.206. The molecule has 3 amide bonds. The van der Waals surface area contributed by atoms with E-state index in [0.717, 1.165) is 38.2 Å². The highest BCUT2D eigenvalue weighted by molar-refractivity contribution is 5.97. The largest absolute Gasteiger partial charge is 0.378 e. The molecule has 3 aliphatic heterocycles. The first-order valence-corrected chi connectivity index (χ1v) is 13.5. The Balaban J connectivity index is 1.22. The summed E-state index contributed by atoms with van der Waals surface area (Å²) in [5.41, 5.74) is 1.66. The second-order valence-electron chi connectivity index (χ2n) is 10.4. The highest BCUT2D eigenvalue weighted by atomic mass is 16.5. The number of amides is 3. The molecule has 0 radical (unpaired) electrons. The summed E-state index contributed by atoms with van der Waals surface area (Å²) in [6.07, 6.45) is 4.47. The monoisotopic (exact) mass is 498 g/mol. The molecule has 1 unspecified atom stereocenters. The number of carbonyl (C=O) groups excluding carboxylic acids is 3. The molecule has 0 N–H and O–H groups in total. The van der Waals surface area contributed by atoms with Crippen LogP contribution in [0.1, 0.15) is 42.5 Å². The fourth-order valence-corrected chi connectivity index (χ4v) is 5.22. The highest BCUT2D eigenvalue weighted by Gasteiger charge is 2.33. The van der Waals surface area contributed by atoms with E-state index in [-0.39, 0.29) is 30.4 Å². The van der Waals surface area contributed by atoms with Crippen molar-refractivity contribution in [3.05, 3.63) is 29.8 Å². The van der Waals surface area contributed by atoms with Crippen molar-refractivity contribution in [2.75, 3.05) is 77.1 Å². The number of hydrogen-bond donors (Lipinski definition) is 0. The number of carbonyl (C=O) groups is 3. The van der Waals surface area contributed by atoms with E-state index in [0.29, 0.717) is 63.9 Å². The van der Waals surface area contributed by atoms with Crippen LogP contribution in [0.2, 0.25) is 0 Å². The Morgan fingerprint density at radius 1 is 0.944 bits per heavy atom. The Labute approximate surface area is 213 Å². The van der Waals surface area contributed by atoms with Crippen molar-refractivity contribution >= 4 is 23.4 Å². The number of anilines is 1. The molecule has 3 heterocycles. The maximum absolute atomic E-state index is 13.4. The summed E-state index contributed by atoms with van der Waals surface area (Å²) < 4.78 is 11.6. The second kappa shape index (κ2) is 11.6. The predicted molar refractivity (Wildman–Crippen MR) is 135 cm³/mol. The summed E-state index contributed by atoms with van der Waals surface area (Å²) in [6, 6.07) is 7.66. The maximum Gasteiger partial charge on any atom is 0.254 e. The molecule has 3 saturated heterocycles. The van der Waals surface area contributed by atoms with Crippen LogP contribution in [0.4, 0.5) is 5.69 Å². The fraction of sp³-hybridized carbons (Fsp3) is 0.667. The van der Waals surface area contributed by atoms with Crippen molar-refractivity contribution in [3.8, 4) is 0 Å². The number of hydrogen-bond acceptors (Lipinski definition) is 6. The lowest BCUT2D eigenvalue weighted by atomic mass is 10.1. The van der Waals surface area contributed by atoms with E-state index in [9.17, 15) is 14.4 Å². The lowest BCUT2D eigenvalue weighted by Crippen LogP contribution is -2.40. The molecule has 0 bridgehead atoms. The predicted octanol–water partition coefficient (Wildman–Crippen LogP) is 1.62. The molecular formula is C27H38N4O5. The molecule has 0 aromatic heterocycles. The number of ether oxygens (including phenoxy) is 2. The van der Waals surface area contributed by atoms with Gasteiger partial charge in [-0.1, -0.05) is 0 Å². The summed E-state index contributed by atoms with van der Waals surface area (Å²) >= 11 is 0. The molecular weight excluding hydrogens is 460 g/mol. The smallest absolute Gasteiger partial charge is 0.254 e. The van der Waals surface area contributed by atoms with Gasteiger partial charge in [0.2, 0.25) is 11.8 Å². The first-order valence-electron chi connectivity index (χ1n) is 13.5. The van der Waals surface area contributed by atoms with Crippen molar-refractivity contribution in [2.24, 2.45) is 5.92 Å². The van der Waals surface area contributed by atoms with Crippen LogP contribution in [-0.4, -0.2) is 111 Å². The Morgan fingerprint density at radius 3 is 2.39 bits per heavy atom. The van der Waals surface area contributed by atoms with Crippen molar-refractivity contribution in [3.63, 3.8) is 0 Å². The topological polar surface area (TPSA) is 82.6 Å². The Bertz CT molecular complexity index is 929. The molecule has 4 fully saturated rings. The lowest BCUT2D eigenvalue weighted by molar-refractivity contribution is -0.131. The van der Waals surface area contributed by atoms with Gasteiger partial charge < -0.3 is 29.1 Å². The van der Waals surface area contributed by atoms with Crippen LogP contribution in [0.3, 0.4) is 0 Å². The molecule has 36 heavy (non-hydrogen) atoms. The van der Waals surface area contributed by atoms with Crippen LogP contribution in [0.15, 0.2) is 24.3 Å². The van der Waals surface area contributed by atoms with Gasteiger partial charge in [0.1, 0.15) is 6.54 Å². The van der Waals surface area contributed by atoms with E-state index < -0.39 is 0 Å². The average Bonchev–Trinajstić information content (AvgIpc) is 3.67. The molecule has 1 atom stereocenters. The molecule has 1 saturated carbocycles.